The van der Waals surface area contributed by atoms with Crippen molar-refractivity contribution in [3.05, 3.63) is 47.0 Å². The van der Waals surface area contributed by atoms with Crippen LogP contribution < -0.4 is 20.1 Å². The molecule has 6 nitrogen and oxygen atoms in total. The van der Waals surface area contributed by atoms with E-state index >= 15 is 0 Å². The first-order chi connectivity index (χ1) is 11.6. The van der Waals surface area contributed by atoms with Crippen LogP contribution in [0.2, 0.25) is 5.02 Å². The van der Waals surface area contributed by atoms with Gasteiger partial charge < -0.3 is 20.1 Å². The maximum atomic E-state index is 12.5. The lowest BCUT2D eigenvalue weighted by atomic mass is 10.1. The van der Waals surface area contributed by atoms with Crippen molar-refractivity contribution in [1.82, 2.24) is 0 Å². The second-order valence-corrected chi connectivity index (χ2v) is 5.98. The van der Waals surface area contributed by atoms with Crippen LogP contribution in [0.1, 0.15) is 5.56 Å². The molecule has 0 spiro atoms. The Morgan fingerprint density at radius 1 is 1.25 bits per heavy atom. The summed E-state index contributed by atoms with van der Waals surface area (Å²) in [5.41, 5.74) is 1.90. The number of carbonyl (C=O) groups is 2. The van der Waals surface area contributed by atoms with E-state index in [9.17, 15) is 9.59 Å². The van der Waals surface area contributed by atoms with Gasteiger partial charge in [0.05, 0.1) is 16.4 Å². The topological polar surface area (TPSA) is 76.7 Å². The first-order valence-electron chi connectivity index (χ1n) is 7.42. The van der Waals surface area contributed by atoms with Gasteiger partial charge in [0.15, 0.2) is 12.7 Å². The summed E-state index contributed by atoms with van der Waals surface area (Å²) >= 11 is 6.19. The fourth-order valence-corrected chi connectivity index (χ4v) is 2.95. The monoisotopic (exact) mass is 344 g/mol. The van der Waals surface area contributed by atoms with Gasteiger partial charge in [0.25, 0.3) is 11.8 Å². The minimum Gasteiger partial charge on any atom is -0.482 e. The number of hydrogen-bond acceptors (Lipinski definition) is 4. The number of ether oxygens (including phenoxy) is 2. The highest BCUT2D eigenvalue weighted by molar-refractivity contribution is 6.34. The molecule has 2 N–H and O–H groups in total. The van der Waals surface area contributed by atoms with Gasteiger partial charge in [-0.1, -0.05) is 29.8 Å². The first kappa shape index (κ1) is 14.8. The maximum Gasteiger partial charge on any atom is 0.265 e. The van der Waals surface area contributed by atoms with Crippen molar-refractivity contribution in [2.24, 2.45) is 0 Å². The van der Waals surface area contributed by atoms with Crippen LogP contribution in [0.4, 0.5) is 11.4 Å². The van der Waals surface area contributed by atoms with E-state index in [0.29, 0.717) is 28.6 Å². The Morgan fingerprint density at radius 3 is 2.92 bits per heavy atom. The summed E-state index contributed by atoms with van der Waals surface area (Å²) in [7, 11) is 0. The predicted molar refractivity (Wildman–Crippen MR) is 88.8 cm³/mol. The number of amides is 2. The Kier molecular flexibility index (Phi) is 3.54. The predicted octanol–water partition coefficient (Wildman–Crippen LogP) is 2.61. The van der Waals surface area contributed by atoms with E-state index in [1.54, 1.807) is 12.1 Å². The number of fused-ring (bicyclic) bond motifs is 2. The van der Waals surface area contributed by atoms with Crippen LogP contribution in [0.25, 0.3) is 0 Å². The molecule has 2 aliphatic heterocycles. The van der Waals surface area contributed by atoms with Gasteiger partial charge in [0.1, 0.15) is 11.5 Å². The number of nitrogens with one attached hydrogen (secondary N) is 2. The molecule has 0 bridgehead atoms. The number of anilines is 2. The number of hydrogen-bond donors (Lipinski definition) is 2. The van der Waals surface area contributed by atoms with Crippen LogP contribution in [0.15, 0.2) is 36.4 Å². The molecule has 24 heavy (non-hydrogen) atoms. The minimum atomic E-state index is -0.602. The van der Waals surface area contributed by atoms with E-state index in [0.717, 1.165) is 11.3 Å². The average molecular weight is 345 g/mol. The van der Waals surface area contributed by atoms with E-state index in [1.807, 2.05) is 24.3 Å². The van der Waals surface area contributed by atoms with Crippen LogP contribution in [-0.2, 0) is 16.0 Å². The molecular weight excluding hydrogens is 332 g/mol. The molecule has 2 aliphatic rings. The third-order valence-corrected chi connectivity index (χ3v) is 4.21. The Hall–Kier alpha value is -2.73. The van der Waals surface area contributed by atoms with Crippen LogP contribution in [0, 0.1) is 0 Å². The maximum absolute atomic E-state index is 12.5. The summed E-state index contributed by atoms with van der Waals surface area (Å²) < 4.78 is 11.0. The highest BCUT2D eigenvalue weighted by Gasteiger charge is 2.29. The van der Waals surface area contributed by atoms with Gasteiger partial charge in [0, 0.05) is 12.5 Å². The Balaban J connectivity index is 1.52. The molecule has 0 aromatic heterocycles. The normalized spacial score (nSPS) is 17.9. The zero-order valence-corrected chi connectivity index (χ0v) is 13.2. The average Bonchev–Trinajstić information content (AvgIpc) is 3.00. The van der Waals surface area contributed by atoms with Crippen molar-refractivity contribution >= 4 is 34.8 Å². The Labute approximate surface area is 142 Å². The third kappa shape index (κ3) is 2.65. The van der Waals surface area contributed by atoms with Gasteiger partial charge in [-0.25, -0.2) is 0 Å². The quantitative estimate of drug-likeness (QED) is 0.878. The fraction of sp³-hybridized carbons (Fsp3) is 0.176. The van der Waals surface area contributed by atoms with Gasteiger partial charge in [0.2, 0.25) is 0 Å². The number of para-hydroxylation sites is 1. The van der Waals surface area contributed by atoms with Crippen molar-refractivity contribution in [2.45, 2.75) is 12.5 Å². The molecular formula is C17H13ClN2O4. The molecule has 7 heteroatoms. The molecule has 0 radical (unpaired) electrons. The lowest BCUT2D eigenvalue weighted by Crippen LogP contribution is -2.31. The summed E-state index contributed by atoms with van der Waals surface area (Å²) in [4.78, 5) is 23.8. The molecule has 0 saturated heterocycles. The Morgan fingerprint density at radius 2 is 2.08 bits per heavy atom. The van der Waals surface area contributed by atoms with Gasteiger partial charge in [-0.05, 0) is 17.7 Å². The number of carbonyl (C=O) groups excluding carboxylic acids is 2. The first-order valence-corrected chi connectivity index (χ1v) is 7.79. The number of benzene rings is 2. The van der Waals surface area contributed by atoms with Crippen LogP contribution in [0.5, 0.6) is 11.5 Å². The van der Waals surface area contributed by atoms with Crippen molar-refractivity contribution < 1.29 is 19.1 Å². The molecule has 122 valence electrons. The summed E-state index contributed by atoms with van der Waals surface area (Å²) in [6.45, 7) is -0.0664. The van der Waals surface area contributed by atoms with E-state index in [2.05, 4.69) is 10.6 Å². The smallest absolute Gasteiger partial charge is 0.265 e. The molecule has 0 fully saturated rings. The summed E-state index contributed by atoms with van der Waals surface area (Å²) in [6.07, 6.45) is -0.0907. The lowest BCUT2D eigenvalue weighted by Gasteiger charge is -2.20. The molecule has 2 aromatic carbocycles. The highest BCUT2D eigenvalue weighted by Crippen LogP contribution is 2.37. The molecule has 2 amide bonds. The van der Waals surface area contributed by atoms with Gasteiger partial charge in [-0.15, -0.1) is 0 Å². The van der Waals surface area contributed by atoms with Crippen LogP contribution >= 0.6 is 11.6 Å². The van der Waals surface area contributed by atoms with Crippen molar-refractivity contribution in [3.8, 4) is 11.5 Å². The molecule has 1 atom stereocenters. The highest BCUT2D eigenvalue weighted by atomic mass is 35.5. The van der Waals surface area contributed by atoms with Gasteiger partial charge in [-0.2, -0.15) is 0 Å². The van der Waals surface area contributed by atoms with E-state index in [1.165, 1.54) is 0 Å². The Bertz CT molecular complexity index is 827. The molecule has 4 rings (SSSR count). The largest absolute Gasteiger partial charge is 0.482 e. The summed E-state index contributed by atoms with van der Waals surface area (Å²) in [5.74, 6) is 0.658. The zero-order chi connectivity index (χ0) is 16.7. The van der Waals surface area contributed by atoms with Crippen LogP contribution in [0.3, 0.4) is 0 Å². The molecule has 2 heterocycles. The summed E-state index contributed by atoms with van der Waals surface area (Å²) in [6, 6.07) is 10.7. The standard InChI is InChI=1S/C17H13ClN2O4/c18-10-6-12-14(23-8-16(21)19-12)7-11(10)20-17(22)15-5-9-3-1-2-4-13(9)24-15/h1-4,6-7,15H,5,8H2,(H,19,21)(H,20,22)/t15-/m0/s1. The second-order valence-electron chi connectivity index (χ2n) is 5.57. The third-order valence-electron chi connectivity index (χ3n) is 3.90. The van der Waals surface area contributed by atoms with Gasteiger partial charge >= 0.3 is 0 Å². The van der Waals surface area contributed by atoms with Crippen molar-refractivity contribution in [2.75, 3.05) is 17.2 Å². The summed E-state index contributed by atoms with van der Waals surface area (Å²) in [5, 5.41) is 5.73. The van der Waals surface area contributed by atoms with E-state index in [-0.39, 0.29) is 18.4 Å². The number of rotatable bonds is 2. The number of halogens is 1. The molecule has 2 aromatic rings. The van der Waals surface area contributed by atoms with E-state index in [4.69, 9.17) is 21.1 Å². The van der Waals surface area contributed by atoms with E-state index < -0.39 is 6.10 Å². The fourth-order valence-electron chi connectivity index (χ4n) is 2.74. The molecule has 0 saturated carbocycles. The minimum absolute atomic E-state index is 0.0664. The zero-order valence-electron chi connectivity index (χ0n) is 12.5. The second kappa shape index (κ2) is 5.72. The van der Waals surface area contributed by atoms with Crippen molar-refractivity contribution in [1.29, 1.82) is 0 Å². The molecule has 0 aliphatic carbocycles. The molecule has 0 unspecified atom stereocenters. The SMILES string of the molecule is O=C1COc2cc(NC(=O)[C@@H]3Cc4ccccc4O3)c(Cl)cc2N1. The van der Waals surface area contributed by atoms with Crippen LogP contribution in [-0.4, -0.2) is 24.5 Å². The van der Waals surface area contributed by atoms with Gasteiger partial charge in [-0.3, -0.25) is 9.59 Å². The van der Waals surface area contributed by atoms with Crippen molar-refractivity contribution in [3.63, 3.8) is 0 Å². The lowest BCUT2D eigenvalue weighted by molar-refractivity contribution is -0.122.